The molecule has 0 spiro atoms. The third-order valence-corrected chi connectivity index (χ3v) is 4.66. The van der Waals surface area contributed by atoms with E-state index in [0.29, 0.717) is 25.2 Å². The van der Waals surface area contributed by atoms with Gasteiger partial charge in [-0.1, -0.05) is 0 Å². The Hall–Kier alpha value is -0.760. The van der Waals surface area contributed by atoms with Crippen molar-refractivity contribution < 1.29 is 8.42 Å². The molecule has 18 heavy (non-hydrogen) atoms. The Kier molecular flexibility index (Phi) is 5.94. The van der Waals surface area contributed by atoms with Gasteiger partial charge >= 0.3 is 10.2 Å². The molecule has 0 aliphatic rings. The first kappa shape index (κ1) is 15.3. The molecule has 0 heterocycles. The summed E-state index contributed by atoms with van der Waals surface area (Å²) in [7, 11) is -1.95. The second-order valence-corrected chi connectivity index (χ2v) is 6.46. The Morgan fingerprint density at radius 2 is 1.94 bits per heavy atom. The molecule has 0 saturated carbocycles. The van der Waals surface area contributed by atoms with Crippen molar-refractivity contribution in [2.75, 3.05) is 31.1 Å². The van der Waals surface area contributed by atoms with Crippen LogP contribution in [0.4, 0.5) is 5.69 Å². The molecule has 7 heteroatoms. The second-order valence-electron chi connectivity index (χ2n) is 3.80. The predicted molar refractivity (Wildman–Crippen MR) is 77.1 cm³/mol. The maximum Gasteiger partial charge on any atom is 0.301 e. The van der Waals surface area contributed by atoms with Crippen molar-refractivity contribution in [2.24, 2.45) is 5.73 Å². The first-order chi connectivity index (χ1) is 8.49. The van der Waals surface area contributed by atoms with E-state index >= 15 is 0 Å². The van der Waals surface area contributed by atoms with Crippen molar-refractivity contribution in [3.05, 3.63) is 24.3 Å². The number of nitrogens with two attached hydrogens (primary N) is 1. The molecule has 0 radical (unpaired) electrons. The van der Waals surface area contributed by atoms with Gasteiger partial charge in [0.25, 0.3) is 0 Å². The summed E-state index contributed by atoms with van der Waals surface area (Å²) >= 11 is 1.61. The zero-order valence-electron chi connectivity index (χ0n) is 10.6. The summed E-state index contributed by atoms with van der Waals surface area (Å²) in [4.78, 5) is 1.09. The van der Waals surface area contributed by atoms with Crippen molar-refractivity contribution in [3.8, 4) is 0 Å². The Bertz CT molecular complexity index is 460. The normalized spacial score (nSPS) is 11.8. The van der Waals surface area contributed by atoms with Crippen molar-refractivity contribution >= 4 is 27.7 Å². The number of nitrogens with zero attached hydrogens (tertiary/aromatic N) is 1. The van der Waals surface area contributed by atoms with Gasteiger partial charge in [0.05, 0.1) is 0 Å². The lowest BCUT2D eigenvalue weighted by Gasteiger charge is -2.18. The van der Waals surface area contributed by atoms with Crippen molar-refractivity contribution in [2.45, 2.75) is 11.3 Å². The van der Waals surface area contributed by atoms with E-state index in [1.54, 1.807) is 23.9 Å². The standard InChI is InChI=1S/C11H19N3O2S2/c1-14(9-3-8-12)18(15,16)13-10-4-6-11(17-2)7-5-10/h4-7,13H,3,8-9,12H2,1-2H3. The highest BCUT2D eigenvalue weighted by atomic mass is 32.2. The Labute approximate surface area is 113 Å². The van der Waals surface area contributed by atoms with E-state index in [9.17, 15) is 8.42 Å². The minimum absolute atomic E-state index is 0.411. The number of nitrogens with one attached hydrogen (secondary N) is 1. The van der Waals surface area contributed by atoms with Gasteiger partial charge in [-0.25, -0.2) is 0 Å². The molecule has 3 N–H and O–H groups in total. The molecule has 1 rings (SSSR count). The highest BCUT2D eigenvalue weighted by Gasteiger charge is 2.16. The summed E-state index contributed by atoms with van der Waals surface area (Å²) in [6.07, 6.45) is 2.61. The molecule has 5 nitrogen and oxygen atoms in total. The van der Waals surface area contributed by atoms with Crippen LogP contribution in [0.3, 0.4) is 0 Å². The van der Waals surface area contributed by atoms with E-state index in [1.165, 1.54) is 11.4 Å². The topological polar surface area (TPSA) is 75.4 Å². The molecule has 1 aromatic carbocycles. The first-order valence-corrected chi connectivity index (χ1v) is 8.24. The summed E-state index contributed by atoms with van der Waals surface area (Å²) < 4.78 is 27.7. The fraction of sp³-hybridized carbons (Fsp3) is 0.455. The van der Waals surface area contributed by atoms with Crippen LogP contribution in [-0.2, 0) is 10.2 Å². The van der Waals surface area contributed by atoms with E-state index in [-0.39, 0.29) is 0 Å². The Morgan fingerprint density at radius 3 is 2.44 bits per heavy atom. The summed E-state index contributed by atoms with van der Waals surface area (Å²) in [5, 5.41) is 0. The van der Waals surface area contributed by atoms with E-state index in [4.69, 9.17) is 5.73 Å². The van der Waals surface area contributed by atoms with Gasteiger partial charge in [-0.2, -0.15) is 12.7 Å². The Morgan fingerprint density at radius 1 is 1.33 bits per heavy atom. The third kappa shape index (κ3) is 4.49. The zero-order chi connectivity index (χ0) is 13.6. The van der Waals surface area contributed by atoms with Gasteiger partial charge in [0.2, 0.25) is 0 Å². The maximum absolute atomic E-state index is 11.9. The second kappa shape index (κ2) is 6.98. The van der Waals surface area contributed by atoms with Crippen LogP contribution in [0.25, 0.3) is 0 Å². The summed E-state index contributed by atoms with van der Waals surface area (Å²) in [5.74, 6) is 0. The smallest absolute Gasteiger partial charge is 0.301 e. The largest absolute Gasteiger partial charge is 0.330 e. The van der Waals surface area contributed by atoms with Crippen LogP contribution >= 0.6 is 11.8 Å². The molecule has 0 aromatic heterocycles. The Balaban J connectivity index is 2.69. The van der Waals surface area contributed by atoms with Crippen LogP contribution < -0.4 is 10.5 Å². The third-order valence-electron chi connectivity index (χ3n) is 2.42. The van der Waals surface area contributed by atoms with Gasteiger partial charge in [0, 0.05) is 24.2 Å². The lowest BCUT2D eigenvalue weighted by atomic mass is 10.3. The van der Waals surface area contributed by atoms with Crippen molar-refractivity contribution in [1.29, 1.82) is 0 Å². The van der Waals surface area contributed by atoms with Crippen LogP contribution in [0.5, 0.6) is 0 Å². The first-order valence-electron chi connectivity index (χ1n) is 5.58. The number of rotatable bonds is 7. The molecule has 0 fully saturated rings. The van der Waals surface area contributed by atoms with Gasteiger partial charge in [-0.05, 0) is 43.5 Å². The van der Waals surface area contributed by atoms with E-state index in [0.717, 1.165) is 4.90 Å². The average molecular weight is 289 g/mol. The van der Waals surface area contributed by atoms with E-state index in [2.05, 4.69) is 4.72 Å². The van der Waals surface area contributed by atoms with Crippen LogP contribution in [0.2, 0.25) is 0 Å². The molecule has 0 aliphatic heterocycles. The lowest BCUT2D eigenvalue weighted by molar-refractivity contribution is 0.468. The summed E-state index contributed by atoms with van der Waals surface area (Å²) in [6, 6.07) is 7.26. The summed E-state index contributed by atoms with van der Waals surface area (Å²) in [6.45, 7) is 0.886. The van der Waals surface area contributed by atoms with Gasteiger partial charge < -0.3 is 5.73 Å². The fourth-order valence-electron chi connectivity index (χ4n) is 1.32. The monoisotopic (exact) mass is 289 g/mol. The van der Waals surface area contributed by atoms with Gasteiger partial charge in [0.1, 0.15) is 0 Å². The molecule has 1 aromatic rings. The van der Waals surface area contributed by atoms with Gasteiger partial charge in [-0.15, -0.1) is 11.8 Å². The quantitative estimate of drug-likeness (QED) is 0.743. The molecule has 102 valence electrons. The number of hydrogen-bond donors (Lipinski definition) is 2. The molecule has 0 unspecified atom stereocenters. The number of thioether (sulfide) groups is 1. The minimum atomic E-state index is -3.48. The molecule has 0 atom stereocenters. The predicted octanol–water partition coefficient (Wildman–Crippen LogP) is 1.35. The van der Waals surface area contributed by atoms with Crippen molar-refractivity contribution in [3.63, 3.8) is 0 Å². The lowest BCUT2D eigenvalue weighted by Crippen LogP contribution is -2.34. The van der Waals surface area contributed by atoms with Gasteiger partial charge in [0.15, 0.2) is 0 Å². The maximum atomic E-state index is 11.9. The van der Waals surface area contributed by atoms with Crippen LogP contribution in [0.15, 0.2) is 29.2 Å². The number of anilines is 1. The number of hydrogen-bond acceptors (Lipinski definition) is 4. The molecular formula is C11H19N3O2S2. The van der Waals surface area contributed by atoms with Crippen LogP contribution in [0.1, 0.15) is 6.42 Å². The fourth-order valence-corrected chi connectivity index (χ4v) is 2.69. The minimum Gasteiger partial charge on any atom is -0.330 e. The number of benzene rings is 1. The average Bonchev–Trinajstić information content (AvgIpc) is 2.36. The molecule has 0 aliphatic carbocycles. The zero-order valence-corrected chi connectivity index (χ0v) is 12.2. The van der Waals surface area contributed by atoms with Crippen LogP contribution in [0, 0.1) is 0 Å². The summed E-state index contributed by atoms with van der Waals surface area (Å²) in [5.41, 5.74) is 5.92. The SMILES string of the molecule is CSc1ccc(NS(=O)(=O)N(C)CCCN)cc1. The van der Waals surface area contributed by atoms with Gasteiger partial charge in [-0.3, -0.25) is 4.72 Å². The van der Waals surface area contributed by atoms with E-state index in [1.807, 2.05) is 18.4 Å². The molecule has 0 amide bonds. The molecular weight excluding hydrogens is 270 g/mol. The van der Waals surface area contributed by atoms with E-state index < -0.39 is 10.2 Å². The van der Waals surface area contributed by atoms with Crippen LogP contribution in [-0.4, -0.2) is 39.1 Å². The highest BCUT2D eigenvalue weighted by molar-refractivity contribution is 7.98. The molecule has 0 bridgehead atoms. The van der Waals surface area contributed by atoms with Crippen molar-refractivity contribution in [1.82, 2.24) is 4.31 Å². The highest BCUT2D eigenvalue weighted by Crippen LogP contribution is 2.18. The molecule has 0 saturated heterocycles.